The molecule has 0 aromatic carbocycles. The number of hydrogen-bond acceptors (Lipinski definition) is 3. The standard InChI is InChI=1S/C11H7ClN4O/c12-7-6-13-5-3-9(7)16-10-8(15-11(16)17)2-1-4-14-10/h1-6H,(H,15,17). The summed E-state index contributed by atoms with van der Waals surface area (Å²) in [5.74, 6) is 0. The molecular weight excluding hydrogens is 240 g/mol. The van der Waals surface area contributed by atoms with Gasteiger partial charge in [0.1, 0.15) is 0 Å². The molecule has 0 bridgehead atoms. The van der Waals surface area contributed by atoms with E-state index >= 15 is 0 Å². The van der Waals surface area contributed by atoms with E-state index in [2.05, 4.69) is 15.0 Å². The Labute approximate surface area is 101 Å². The first-order chi connectivity index (χ1) is 8.27. The van der Waals surface area contributed by atoms with Crippen LogP contribution in [0.15, 0.2) is 41.6 Å². The van der Waals surface area contributed by atoms with Crippen molar-refractivity contribution in [2.75, 3.05) is 0 Å². The smallest absolute Gasteiger partial charge is 0.304 e. The summed E-state index contributed by atoms with van der Waals surface area (Å²) < 4.78 is 1.43. The molecule has 17 heavy (non-hydrogen) atoms. The molecule has 3 heterocycles. The van der Waals surface area contributed by atoms with E-state index < -0.39 is 0 Å². The maximum Gasteiger partial charge on any atom is 0.332 e. The van der Waals surface area contributed by atoms with Crippen LogP contribution in [0.3, 0.4) is 0 Å². The Hall–Kier alpha value is -2.14. The van der Waals surface area contributed by atoms with Crippen LogP contribution in [0.2, 0.25) is 5.02 Å². The van der Waals surface area contributed by atoms with Crippen LogP contribution in [0.5, 0.6) is 0 Å². The van der Waals surface area contributed by atoms with Crippen molar-refractivity contribution in [3.05, 3.63) is 52.3 Å². The van der Waals surface area contributed by atoms with Crippen molar-refractivity contribution in [3.8, 4) is 5.69 Å². The second-order valence-electron chi connectivity index (χ2n) is 3.47. The zero-order chi connectivity index (χ0) is 11.8. The zero-order valence-electron chi connectivity index (χ0n) is 8.59. The van der Waals surface area contributed by atoms with E-state index in [0.29, 0.717) is 21.9 Å². The minimum absolute atomic E-state index is 0.271. The van der Waals surface area contributed by atoms with E-state index in [1.54, 1.807) is 30.6 Å². The topological polar surface area (TPSA) is 63.6 Å². The molecule has 0 aliphatic carbocycles. The average molecular weight is 247 g/mol. The molecule has 3 aromatic heterocycles. The molecule has 84 valence electrons. The summed E-state index contributed by atoms with van der Waals surface area (Å²) in [6.07, 6.45) is 4.70. The van der Waals surface area contributed by atoms with Crippen LogP contribution in [0, 0.1) is 0 Å². The molecule has 6 heteroatoms. The first-order valence-corrected chi connectivity index (χ1v) is 5.31. The summed E-state index contributed by atoms with van der Waals surface area (Å²) in [4.78, 5) is 22.7. The molecule has 0 radical (unpaired) electrons. The third-order valence-electron chi connectivity index (χ3n) is 2.44. The van der Waals surface area contributed by atoms with Gasteiger partial charge < -0.3 is 4.98 Å². The summed E-state index contributed by atoms with van der Waals surface area (Å²) in [6.45, 7) is 0. The van der Waals surface area contributed by atoms with Crippen LogP contribution < -0.4 is 5.69 Å². The fourth-order valence-corrected chi connectivity index (χ4v) is 1.92. The molecule has 5 nitrogen and oxygen atoms in total. The van der Waals surface area contributed by atoms with Crippen molar-refractivity contribution in [2.24, 2.45) is 0 Å². The van der Waals surface area contributed by atoms with Crippen LogP contribution in [-0.4, -0.2) is 19.5 Å². The van der Waals surface area contributed by atoms with Crippen LogP contribution in [0.1, 0.15) is 0 Å². The van der Waals surface area contributed by atoms with E-state index in [4.69, 9.17) is 11.6 Å². The number of fused-ring (bicyclic) bond motifs is 1. The van der Waals surface area contributed by atoms with Gasteiger partial charge >= 0.3 is 5.69 Å². The summed E-state index contributed by atoms with van der Waals surface area (Å²) in [5, 5.41) is 0.404. The quantitative estimate of drug-likeness (QED) is 0.712. The van der Waals surface area contributed by atoms with E-state index in [1.165, 1.54) is 10.8 Å². The molecule has 3 aromatic rings. The monoisotopic (exact) mass is 246 g/mol. The molecule has 0 saturated carbocycles. The summed E-state index contributed by atoms with van der Waals surface area (Å²) in [5.41, 5.74) is 1.51. The Morgan fingerprint density at radius 3 is 3.00 bits per heavy atom. The lowest BCUT2D eigenvalue weighted by Gasteiger charge is -2.03. The molecule has 0 saturated heterocycles. The third kappa shape index (κ3) is 1.52. The molecule has 1 N–H and O–H groups in total. The van der Waals surface area contributed by atoms with Gasteiger partial charge in [-0.3, -0.25) is 4.98 Å². The molecule has 3 rings (SSSR count). The van der Waals surface area contributed by atoms with Gasteiger partial charge in [0.25, 0.3) is 0 Å². The van der Waals surface area contributed by atoms with Gasteiger partial charge in [-0.05, 0) is 18.2 Å². The number of rotatable bonds is 1. The molecule has 0 amide bonds. The highest BCUT2D eigenvalue weighted by atomic mass is 35.5. The minimum Gasteiger partial charge on any atom is -0.304 e. The average Bonchev–Trinajstić information content (AvgIpc) is 2.66. The van der Waals surface area contributed by atoms with E-state index in [-0.39, 0.29) is 5.69 Å². The highest BCUT2D eigenvalue weighted by molar-refractivity contribution is 6.32. The molecule has 0 atom stereocenters. The highest BCUT2D eigenvalue weighted by Gasteiger charge is 2.11. The number of halogens is 1. The molecular formula is C11H7ClN4O. The molecule has 0 unspecified atom stereocenters. The number of hydrogen-bond donors (Lipinski definition) is 1. The van der Waals surface area contributed by atoms with E-state index in [1.807, 2.05) is 0 Å². The van der Waals surface area contributed by atoms with Crippen molar-refractivity contribution < 1.29 is 0 Å². The van der Waals surface area contributed by atoms with Gasteiger partial charge in [-0.2, -0.15) is 0 Å². The van der Waals surface area contributed by atoms with Gasteiger partial charge in [0.15, 0.2) is 5.65 Å². The maximum atomic E-state index is 11.9. The second-order valence-corrected chi connectivity index (χ2v) is 3.87. The van der Waals surface area contributed by atoms with Crippen molar-refractivity contribution in [2.45, 2.75) is 0 Å². The Bertz CT molecular complexity index is 746. The van der Waals surface area contributed by atoms with Gasteiger partial charge in [0, 0.05) is 18.6 Å². The lowest BCUT2D eigenvalue weighted by molar-refractivity contribution is 0.995. The van der Waals surface area contributed by atoms with Crippen molar-refractivity contribution >= 4 is 22.8 Å². The SMILES string of the molecule is O=c1[nH]c2cccnc2n1-c1ccncc1Cl. The van der Waals surface area contributed by atoms with Gasteiger partial charge in [-0.25, -0.2) is 14.3 Å². The van der Waals surface area contributed by atoms with E-state index in [0.717, 1.165) is 0 Å². The predicted octanol–water partition coefficient (Wildman–Crippen LogP) is 1.76. The van der Waals surface area contributed by atoms with Crippen LogP contribution >= 0.6 is 11.6 Å². The van der Waals surface area contributed by atoms with Gasteiger partial charge in [0.05, 0.1) is 16.2 Å². The molecule has 0 fully saturated rings. The summed E-state index contributed by atoms with van der Waals surface area (Å²) >= 11 is 6.02. The highest BCUT2D eigenvalue weighted by Crippen LogP contribution is 2.19. The molecule has 0 aliphatic rings. The predicted molar refractivity (Wildman–Crippen MR) is 64.5 cm³/mol. The molecule has 0 spiro atoms. The number of nitrogens with zero attached hydrogens (tertiary/aromatic N) is 3. The number of imidazole rings is 1. The Morgan fingerprint density at radius 2 is 2.18 bits per heavy atom. The Morgan fingerprint density at radius 1 is 1.29 bits per heavy atom. The second kappa shape index (κ2) is 3.71. The normalized spacial score (nSPS) is 10.9. The third-order valence-corrected chi connectivity index (χ3v) is 2.73. The van der Waals surface area contributed by atoms with Crippen molar-refractivity contribution in [3.63, 3.8) is 0 Å². The lowest BCUT2D eigenvalue weighted by atomic mass is 10.4. The maximum absolute atomic E-state index is 11.9. The van der Waals surface area contributed by atoms with Crippen molar-refractivity contribution in [1.82, 2.24) is 19.5 Å². The van der Waals surface area contributed by atoms with Gasteiger partial charge in [-0.1, -0.05) is 11.6 Å². The molecule has 0 aliphatic heterocycles. The summed E-state index contributed by atoms with van der Waals surface area (Å²) in [6, 6.07) is 5.22. The fourth-order valence-electron chi connectivity index (χ4n) is 1.71. The number of pyridine rings is 2. The number of aromatic nitrogens is 4. The summed E-state index contributed by atoms with van der Waals surface area (Å²) in [7, 11) is 0. The van der Waals surface area contributed by atoms with Gasteiger partial charge in [-0.15, -0.1) is 0 Å². The zero-order valence-corrected chi connectivity index (χ0v) is 9.35. The Kier molecular flexibility index (Phi) is 2.19. The number of H-pyrrole nitrogens is 1. The van der Waals surface area contributed by atoms with Crippen LogP contribution in [0.4, 0.5) is 0 Å². The number of aromatic amines is 1. The van der Waals surface area contributed by atoms with Crippen LogP contribution in [-0.2, 0) is 0 Å². The van der Waals surface area contributed by atoms with Crippen molar-refractivity contribution in [1.29, 1.82) is 0 Å². The minimum atomic E-state index is -0.271. The van der Waals surface area contributed by atoms with E-state index in [9.17, 15) is 4.79 Å². The van der Waals surface area contributed by atoms with Gasteiger partial charge in [0.2, 0.25) is 0 Å². The van der Waals surface area contributed by atoms with Crippen LogP contribution in [0.25, 0.3) is 16.9 Å². The first kappa shape index (κ1) is 10.0. The lowest BCUT2D eigenvalue weighted by Crippen LogP contribution is -2.15. The Balaban J connectivity index is 2.42. The fraction of sp³-hybridized carbons (Fsp3) is 0. The number of nitrogens with one attached hydrogen (secondary N) is 1. The first-order valence-electron chi connectivity index (χ1n) is 4.93. The largest absolute Gasteiger partial charge is 0.332 e.